The topological polar surface area (TPSA) is 85.6 Å². The summed E-state index contributed by atoms with van der Waals surface area (Å²) < 4.78 is 59.4. The lowest BCUT2D eigenvalue weighted by molar-refractivity contribution is -0.274. The van der Waals surface area contributed by atoms with Crippen molar-refractivity contribution in [2.45, 2.75) is 18.7 Å². The Kier molecular flexibility index (Phi) is 9.43. The Labute approximate surface area is 269 Å². The van der Waals surface area contributed by atoms with E-state index in [9.17, 15) is 28.0 Å². The highest BCUT2D eigenvalue weighted by Gasteiger charge is 2.51. The molecule has 0 saturated heterocycles. The second-order valence-corrected chi connectivity index (χ2v) is 10.3. The van der Waals surface area contributed by atoms with Gasteiger partial charge in [-0.05, 0) is 29.2 Å². The monoisotopic (exact) mass is 635 g/mol. The number of halogens is 3. The average Bonchev–Trinajstić information content (AvgIpc) is 3.09. The summed E-state index contributed by atoms with van der Waals surface area (Å²) in [5.74, 6) is -2.85. The van der Waals surface area contributed by atoms with E-state index in [2.05, 4.69) is 6.07 Å². The Morgan fingerprint density at radius 3 is 1.57 bits per heavy atom. The summed E-state index contributed by atoms with van der Waals surface area (Å²) in [5.41, 5.74) is -2.61. The van der Waals surface area contributed by atoms with Crippen molar-refractivity contribution in [3.05, 3.63) is 138 Å². The quantitative estimate of drug-likeness (QED) is 0.151. The molecule has 0 spiro atoms. The molecule has 9 heteroatoms. The maximum atomic E-state index is 14.6. The molecular weight excluding hydrogens is 607 g/mol. The van der Waals surface area contributed by atoms with Crippen LogP contribution in [0.3, 0.4) is 0 Å². The molecule has 0 fully saturated rings. The largest absolute Gasteiger partial charge is 0.573 e. The number of carbonyl (C=O) groups is 2. The number of methoxy groups -OCH3 is 1. The maximum absolute atomic E-state index is 14.6. The van der Waals surface area contributed by atoms with Crippen LogP contribution in [0.5, 0.6) is 5.75 Å². The van der Waals surface area contributed by atoms with Gasteiger partial charge in [0.15, 0.2) is 0 Å². The summed E-state index contributed by atoms with van der Waals surface area (Å²) in [6.45, 7) is 1.41. The first-order chi connectivity index (χ1) is 22.7. The van der Waals surface area contributed by atoms with E-state index in [0.29, 0.717) is 5.56 Å². The van der Waals surface area contributed by atoms with E-state index in [-0.39, 0.29) is 51.1 Å². The minimum atomic E-state index is -5.27. The van der Waals surface area contributed by atoms with E-state index < -0.39 is 29.5 Å². The number of ether oxygens (including phenoxy) is 3. The van der Waals surface area contributed by atoms with E-state index in [4.69, 9.17) is 14.2 Å². The highest BCUT2D eigenvalue weighted by atomic mass is 19.4. The molecule has 0 aromatic heterocycles. The van der Waals surface area contributed by atoms with Gasteiger partial charge in [-0.2, -0.15) is 5.26 Å². The predicted octanol–water partition coefficient (Wildman–Crippen LogP) is 8.75. The molecule has 47 heavy (non-hydrogen) atoms. The van der Waals surface area contributed by atoms with Gasteiger partial charge in [-0.3, -0.25) is 0 Å². The fourth-order valence-corrected chi connectivity index (χ4v) is 5.74. The van der Waals surface area contributed by atoms with Gasteiger partial charge >= 0.3 is 18.3 Å². The number of rotatable bonds is 9. The minimum Gasteiger partial charge on any atom is -0.465 e. The van der Waals surface area contributed by atoms with Crippen molar-refractivity contribution in [3.63, 3.8) is 0 Å². The van der Waals surface area contributed by atoms with Crippen LogP contribution in [-0.4, -0.2) is 32.0 Å². The molecule has 0 amide bonds. The molecule has 0 aliphatic rings. The van der Waals surface area contributed by atoms with Crippen LogP contribution in [0.1, 0.15) is 28.4 Å². The van der Waals surface area contributed by atoms with Crippen molar-refractivity contribution in [1.82, 2.24) is 0 Å². The van der Waals surface area contributed by atoms with E-state index in [0.717, 1.165) is 7.11 Å². The molecule has 1 unspecified atom stereocenters. The van der Waals surface area contributed by atoms with E-state index >= 15 is 0 Å². The molecule has 236 valence electrons. The lowest BCUT2D eigenvalue weighted by atomic mass is 9.67. The van der Waals surface area contributed by atoms with Crippen LogP contribution in [0, 0.1) is 11.3 Å². The van der Waals surface area contributed by atoms with Crippen LogP contribution in [-0.2, 0) is 19.7 Å². The van der Waals surface area contributed by atoms with Crippen molar-refractivity contribution >= 4 is 11.9 Å². The van der Waals surface area contributed by atoms with Crippen LogP contribution < -0.4 is 4.74 Å². The third-order valence-electron chi connectivity index (χ3n) is 7.58. The molecular formula is C38H28F3NO5. The number of hydrogen-bond donors (Lipinski definition) is 0. The Hall–Kier alpha value is -5.88. The third-order valence-corrected chi connectivity index (χ3v) is 7.58. The normalized spacial score (nSPS) is 12.3. The summed E-state index contributed by atoms with van der Waals surface area (Å²) in [5, 5.41) is 11.2. The van der Waals surface area contributed by atoms with Gasteiger partial charge in [0.05, 0.1) is 25.3 Å². The Bertz CT molecular complexity index is 1920. The summed E-state index contributed by atoms with van der Waals surface area (Å²) in [6, 6.07) is 34.3. The van der Waals surface area contributed by atoms with Crippen molar-refractivity contribution in [2.24, 2.45) is 0 Å². The molecule has 5 aromatic carbocycles. The van der Waals surface area contributed by atoms with Gasteiger partial charge in [0.2, 0.25) is 5.41 Å². The molecule has 0 aliphatic carbocycles. The highest BCUT2D eigenvalue weighted by Crippen LogP contribution is 2.55. The summed E-state index contributed by atoms with van der Waals surface area (Å²) in [6.07, 6.45) is -5.27. The first kappa shape index (κ1) is 32.5. The first-order valence-corrected chi connectivity index (χ1v) is 14.6. The van der Waals surface area contributed by atoms with Crippen LogP contribution in [0.2, 0.25) is 0 Å². The zero-order chi connectivity index (χ0) is 33.6. The first-order valence-electron chi connectivity index (χ1n) is 14.6. The predicted molar refractivity (Wildman–Crippen MR) is 170 cm³/mol. The van der Waals surface area contributed by atoms with Crippen molar-refractivity contribution in [3.8, 4) is 45.2 Å². The third kappa shape index (κ3) is 6.18. The number of nitrogens with zero attached hydrogens (tertiary/aromatic N) is 1. The van der Waals surface area contributed by atoms with Gasteiger partial charge in [-0.15, -0.1) is 13.2 Å². The molecule has 0 aliphatic heterocycles. The number of carbonyl (C=O) groups excluding carboxylic acids is 2. The van der Waals surface area contributed by atoms with E-state index in [1.165, 1.54) is 24.3 Å². The van der Waals surface area contributed by atoms with Gasteiger partial charge in [-0.1, -0.05) is 121 Å². The number of nitriles is 1. The molecule has 0 radical (unpaired) electrons. The lowest BCUT2D eigenvalue weighted by Gasteiger charge is -2.34. The SMILES string of the molecule is CCOC(=O)C(C#N)(c1ccccc1)c1c(-c2ccccc2)c(OC(F)(F)F)c(-c2ccccc2)c(C(=O)OC)c1-c1ccccc1. The van der Waals surface area contributed by atoms with Crippen LogP contribution >= 0.6 is 0 Å². The van der Waals surface area contributed by atoms with Gasteiger partial charge in [-0.25, -0.2) is 9.59 Å². The number of hydrogen-bond acceptors (Lipinski definition) is 6. The summed E-state index contributed by atoms with van der Waals surface area (Å²) >= 11 is 0. The molecule has 0 bridgehead atoms. The van der Waals surface area contributed by atoms with Gasteiger partial charge in [0, 0.05) is 22.3 Å². The van der Waals surface area contributed by atoms with Crippen molar-refractivity contribution in [1.29, 1.82) is 5.26 Å². The van der Waals surface area contributed by atoms with Crippen molar-refractivity contribution < 1.29 is 37.0 Å². The number of esters is 2. The average molecular weight is 636 g/mol. The van der Waals surface area contributed by atoms with Crippen LogP contribution in [0.15, 0.2) is 121 Å². The second kappa shape index (κ2) is 13.6. The summed E-state index contributed by atoms with van der Waals surface area (Å²) in [7, 11) is 1.10. The number of benzene rings is 5. The molecule has 5 aromatic rings. The highest BCUT2D eigenvalue weighted by molar-refractivity contribution is 6.12. The standard InChI is InChI=1S/C38H28F3NO5/c1-3-46-36(44)37(24-42,28-22-14-7-15-23-28)33-29(25-16-8-4-9-17-25)32(35(43)45-2)30(26-18-10-5-11-19-26)34(47-38(39,40)41)31(33)27-20-12-6-13-21-27/h4-23H,3H2,1-2H3. The maximum Gasteiger partial charge on any atom is 0.573 e. The number of alkyl halides is 3. The smallest absolute Gasteiger partial charge is 0.465 e. The van der Waals surface area contributed by atoms with E-state index in [1.54, 1.807) is 104 Å². The minimum absolute atomic E-state index is 0.00290. The molecule has 5 rings (SSSR count). The van der Waals surface area contributed by atoms with E-state index in [1.807, 2.05) is 0 Å². The van der Waals surface area contributed by atoms with Crippen LogP contribution in [0.25, 0.3) is 33.4 Å². The zero-order valence-corrected chi connectivity index (χ0v) is 25.4. The van der Waals surface area contributed by atoms with Crippen LogP contribution in [0.4, 0.5) is 13.2 Å². The van der Waals surface area contributed by atoms with Gasteiger partial charge in [0.1, 0.15) is 5.75 Å². The second-order valence-electron chi connectivity index (χ2n) is 10.3. The fraction of sp³-hybridized carbons (Fsp3) is 0.132. The zero-order valence-electron chi connectivity index (χ0n) is 25.4. The molecule has 0 heterocycles. The van der Waals surface area contributed by atoms with Gasteiger partial charge < -0.3 is 14.2 Å². The lowest BCUT2D eigenvalue weighted by Crippen LogP contribution is -2.39. The molecule has 0 saturated carbocycles. The Morgan fingerprint density at radius 2 is 1.15 bits per heavy atom. The van der Waals surface area contributed by atoms with Crippen molar-refractivity contribution in [2.75, 3.05) is 13.7 Å². The summed E-state index contributed by atoms with van der Waals surface area (Å²) in [4.78, 5) is 28.4. The Morgan fingerprint density at radius 1 is 0.702 bits per heavy atom. The molecule has 0 N–H and O–H groups in total. The fourth-order valence-electron chi connectivity index (χ4n) is 5.74. The van der Waals surface area contributed by atoms with Gasteiger partial charge in [0.25, 0.3) is 0 Å². The molecule has 1 atom stereocenters. The molecule has 6 nitrogen and oxygen atoms in total. The Balaban J connectivity index is 2.22.